The van der Waals surface area contributed by atoms with E-state index in [9.17, 15) is 9.18 Å². The number of halogens is 1. The van der Waals surface area contributed by atoms with Gasteiger partial charge in [-0.2, -0.15) is 9.78 Å². The molecule has 0 spiro atoms. The summed E-state index contributed by atoms with van der Waals surface area (Å²) >= 11 is 1.23. The van der Waals surface area contributed by atoms with Gasteiger partial charge in [0.05, 0.1) is 23.3 Å². The fraction of sp³-hybridized carbons (Fsp3) is 0.150. The van der Waals surface area contributed by atoms with E-state index in [1.807, 2.05) is 32.0 Å². The summed E-state index contributed by atoms with van der Waals surface area (Å²) in [6.45, 7) is 4.03. The van der Waals surface area contributed by atoms with E-state index < -0.39 is 0 Å². The average molecular weight is 423 g/mol. The summed E-state index contributed by atoms with van der Waals surface area (Å²) in [6.07, 6.45) is 1.56. The van der Waals surface area contributed by atoms with E-state index in [2.05, 4.69) is 25.9 Å². The van der Waals surface area contributed by atoms with Crippen molar-refractivity contribution in [2.24, 2.45) is 0 Å². The Bertz CT molecular complexity index is 1190. The minimum Gasteiger partial charge on any atom is -0.310 e. The number of benzene rings is 2. The second-order valence-electron chi connectivity index (χ2n) is 6.53. The van der Waals surface area contributed by atoms with Gasteiger partial charge in [0, 0.05) is 6.07 Å². The van der Waals surface area contributed by atoms with Gasteiger partial charge in [-0.3, -0.25) is 4.79 Å². The zero-order valence-corrected chi connectivity index (χ0v) is 17.1. The first-order chi connectivity index (χ1) is 14.5. The lowest BCUT2D eigenvalue weighted by atomic mass is 10.1. The van der Waals surface area contributed by atoms with Gasteiger partial charge >= 0.3 is 0 Å². The molecule has 0 aliphatic rings. The molecule has 8 nitrogen and oxygen atoms in total. The van der Waals surface area contributed by atoms with Crippen molar-refractivity contribution in [3.63, 3.8) is 0 Å². The van der Waals surface area contributed by atoms with Gasteiger partial charge < -0.3 is 5.32 Å². The number of thioether (sulfide) groups is 1. The number of tetrazole rings is 1. The van der Waals surface area contributed by atoms with Gasteiger partial charge in [-0.05, 0) is 65.7 Å². The molecular formula is C20H18FN7OS. The molecule has 30 heavy (non-hydrogen) atoms. The molecule has 0 saturated heterocycles. The Morgan fingerprint density at radius 3 is 2.70 bits per heavy atom. The summed E-state index contributed by atoms with van der Waals surface area (Å²) in [7, 11) is 0. The molecule has 0 aliphatic heterocycles. The lowest BCUT2D eigenvalue weighted by molar-refractivity contribution is -0.113. The Kier molecular flexibility index (Phi) is 5.57. The largest absolute Gasteiger partial charge is 0.310 e. The van der Waals surface area contributed by atoms with E-state index in [1.165, 1.54) is 28.6 Å². The highest BCUT2D eigenvalue weighted by Gasteiger charge is 2.15. The third kappa shape index (κ3) is 4.08. The Labute approximate surface area is 176 Å². The van der Waals surface area contributed by atoms with Crippen LogP contribution >= 0.6 is 11.8 Å². The van der Waals surface area contributed by atoms with E-state index in [4.69, 9.17) is 0 Å². The van der Waals surface area contributed by atoms with Crippen LogP contribution in [0, 0.1) is 19.7 Å². The molecule has 0 aliphatic carbocycles. The molecule has 2 heterocycles. The van der Waals surface area contributed by atoms with Gasteiger partial charge in [0.25, 0.3) is 0 Å². The normalized spacial score (nSPS) is 10.9. The molecule has 0 fully saturated rings. The Hall–Kier alpha value is -3.53. The maximum absolute atomic E-state index is 13.2. The van der Waals surface area contributed by atoms with Crippen LogP contribution in [0.5, 0.6) is 0 Å². The number of nitrogens with one attached hydrogen (secondary N) is 1. The Morgan fingerprint density at radius 2 is 1.90 bits per heavy atom. The van der Waals surface area contributed by atoms with Crippen LogP contribution in [0.15, 0.2) is 59.9 Å². The first kappa shape index (κ1) is 19.8. The number of aryl methyl sites for hydroxylation is 1. The fourth-order valence-electron chi connectivity index (χ4n) is 2.88. The number of hydrogen-bond acceptors (Lipinski definition) is 6. The topological polar surface area (TPSA) is 90.5 Å². The number of aromatic nitrogens is 6. The van der Waals surface area contributed by atoms with Gasteiger partial charge in [0.1, 0.15) is 11.6 Å². The second kappa shape index (κ2) is 8.46. The maximum Gasteiger partial charge on any atom is 0.236 e. The van der Waals surface area contributed by atoms with Gasteiger partial charge in [-0.25, -0.2) is 9.07 Å². The van der Waals surface area contributed by atoms with E-state index in [0.29, 0.717) is 16.7 Å². The first-order valence-electron chi connectivity index (χ1n) is 9.10. The molecule has 10 heteroatoms. The van der Waals surface area contributed by atoms with Crippen LogP contribution in [0.1, 0.15) is 11.1 Å². The van der Waals surface area contributed by atoms with Gasteiger partial charge in [0.2, 0.25) is 11.1 Å². The lowest BCUT2D eigenvalue weighted by Gasteiger charge is -2.10. The third-order valence-corrected chi connectivity index (χ3v) is 5.48. The molecule has 0 saturated carbocycles. The van der Waals surface area contributed by atoms with Crippen LogP contribution in [-0.2, 0) is 4.79 Å². The molecular weight excluding hydrogens is 405 g/mol. The first-order valence-corrected chi connectivity index (χ1v) is 10.1. The van der Waals surface area contributed by atoms with Crippen molar-refractivity contribution in [3.05, 3.63) is 71.7 Å². The second-order valence-corrected chi connectivity index (χ2v) is 7.48. The molecule has 4 aromatic rings. The number of carbonyl (C=O) groups is 1. The highest BCUT2D eigenvalue weighted by Crippen LogP contribution is 2.23. The standard InChI is InChI=1S/C20H18FN7OS/c1-13-4-3-5-17(14(13)2)28-20(24-25-26-28)30-12-19(29)23-18-10-11-22-27(18)16-8-6-15(21)7-9-16/h3-11H,12H2,1-2H3,(H,23,29). The summed E-state index contributed by atoms with van der Waals surface area (Å²) in [6, 6.07) is 13.4. The molecule has 0 unspecified atom stereocenters. The van der Waals surface area contributed by atoms with Gasteiger partial charge in [-0.15, -0.1) is 5.10 Å². The van der Waals surface area contributed by atoms with Crippen molar-refractivity contribution < 1.29 is 9.18 Å². The number of anilines is 1. The monoisotopic (exact) mass is 423 g/mol. The average Bonchev–Trinajstić information content (AvgIpc) is 3.39. The molecule has 0 bridgehead atoms. The molecule has 2 aromatic heterocycles. The van der Waals surface area contributed by atoms with E-state index in [0.717, 1.165) is 16.8 Å². The quantitative estimate of drug-likeness (QED) is 0.479. The number of rotatable bonds is 6. The minimum atomic E-state index is -0.338. The van der Waals surface area contributed by atoms with Gasteiger partial charge in [-0.1, -0.05) is 23.9 Å². The fourth-order valence-corrected chi connectivity index (χ4v) is 3.56. The van der Waals surface area contributed by atoms with E-state index in [-0.39, 0.29) is 17.5 Å². The Morgan fingerprint density at radius 1 is 1.10 bits per heavy atom. The van der Waals surface area contributed by atoms with Crippen LogP contribution in [0.25, 0.3) is 11.4 Å². The van der Waals surface area contributed by atoms with Crippen LogP contribution in [0.3, 0.4) is 0 Å². The lowest BCUT2D eigenvalue weighted by Crippen LogP contribution is -2.17. The molecule has 2 aromatic carbocycles. The highest BCUT2D eigenvalue weighted by molar-refractivity contribution is 7.99. The minimum absolute atomic E-state index is 0.111. The number of amides is 1. The van der Waals surface area contributed by atoms with E-state index >= 15 is 0 Å². The summed E-state index contributed by atoms with van der Waals surface area (Å²) in [5, 5.41) is 19.4. The van der Waals surface area contributed by atoms with Crippen molar-refractivity contribution in [2.75, 3.05) is 11.1 Å². The molecule has 4 rings (SSSR count). The van der Waals surface area contributed by atoms with Crippen molar-refractivity contribution in [1.29, 1.82) is 0 Å². The van der Waals surface area contributed by atoms with Crippen molar-refractivity contribution in [1.82, 2.24) is 30.0 Å². The zero-order valence-electron chi connectivity index (χ0n) is 16.3. The summed E-state index contributed by atoms with van der Waals surface area (Å²) in [5.74, 6) is 0.0231. The molecule has 1 amide bonds. The maximum atomic E-state index is 13.2. The highest BCUT2D eigenvalue weighted by atomic mass is 32.2. The molecule has 0 atom stereocenters. The smallest absolute Gasteiger partial charge is 0.236 e. The summed E-state index contributed by atoms with van der Waals surface area (Å²) < 4.78 is 16.3. The SMILES string of the molecule is Cc1cccc(-n2nnnc2SCC(=O)Nc2ccnn2-c2ccc(F)cc2)c1C. The predicted octanol–water partition coefficient (Wildman–Crippen LogP) is 3.33. The zero-order chi connectivity index (χ0) is 21.1. The summed E-state index contributed by atoms with van der Waals surface area (Å²) in [4.78, 5) is 12.5. The van der Waals surface area contributed by atoms with E-state index in [1.54, 1.807) is 29.1 Å². The number of nitrogens with zero attached hydrogens (tertiary/aromatic N) is 6. The van der Waals surface area contributed by atoms with Crippen LogP contribution in [-0.4, -0.2) is 41.6 Å². The van der Waals surface area contributed by atoms with Crippen molar-refractivity contribution in [2.45, 2.75) is 19.0 Å². The number of carbonyl (C=O) groups excluding carboxylic acids is 1. The van der Waals surface area contributed by atoms with Crippen LogP contribution in [0.2, 0.25) is 0 Å². The van der Waals surface area contributed by atoms with Crippen LogP contribution in [0.4, 0.5) is 10.2 Å². The van der Waals surface area contributed by atoms with Crippen molar-refractivity contribution in [3.8, 4) is 11.4 Å². The Balaban J connectivity index is 1.45. The van der Waals surface area contributed by atoms with Gasteiger partial charge in [0.15, 0.2) is 0 Å². The summed E-state index contributed by atoms with van der Waals surface area (Å²) in [5.41, 5.74) is 3.71. The predicted molar refractivity (Wildman–Crippen MR) is 112 cm³/mol. The third-order valence-electron chi connectivity index (χ3n) is 4.56. The molecule has 0 radical (unpaired) electrons. The number of hydrogen-bond donors (Lipinski definition) is 1. The molecule has 152 valence electrons. The molecule has 1 N–H and O–H groups in total. The van der Waals surface area contributed by atoms with Crippen LogP contribution < -0.4 is 5.32 Å². The van der Waals surface area contributed by atoms with Crippen molar-refractivity contribution >= 4 is 23.5 Å².